The number of aliphatic carboxylic acids is 1. The van der Waals surface area contributed by atoms with Gasteiger partial charge in [-0.2, -0.15) is 0 Å². The molecule has 1 aliphatic heterocycles. The van der Waals surface area contributed by atoms with Crippen molar-refractivity contribution in [3.8, 4) is 0 Å². The Balaban J connectivity index is 2.55. The van der Waals surface area contributed by atoms with Crippen LogP contribution >= 0.6 is 0 Å². The molecule has 1 aliphatic rings. The highest BCUT2D eigenvalue weighted by atomic mass is 16.5. The van der Waals surface area contributed by atoms with E-state index in [-0.39, 0.29) is 5.76 Å². The van der Waals surface area contributed by atoms with Crippen LogP contribution in [-0.2, 0) is 9.53 Å². The quantitative estimate of drug-likeness (QED) is 0.508. The molecule has 0 amide bonds. The molecule has 0 fully saturated rings. The van der Waals surface area contributed by atoms with Crippen LogP contribution in [0.15, 0.2) is 11.8 Å². The predicted octanol–water partition coefficient (Wildman–Crippen LogP) is -0.340. The van der Waals surface area contributed by atoms with Crippen molar-refractivity contribution in [2.45, 2.75) is 12.6 Å². The number of hydrogen-bond acceptors (Lipinski definition) is 3. The lowest BCUT2D eigenvalue weighted by atomic mass is 10.4. The molecule has 0 aromatic carbocycles. The first-order valence-corrected chi connectivity index (χ1v) is 2.56. The molecule has 0 aliphatic carbocycles. The lowest BCUT2D eigenvalue weighted by Crippen LogP contribution is -2.19. The summed E-state index contributed by atoms with van der Waals surface area (Å²) >= 11 is 0. The van der Waals surface area contributed by atoms with Crippen LogP contribution in [0.25, 0.3) is 0 Å². The molecule has 1 heterocycles. The predicted molar refractivity (Wildman–Crippen MR) is 29.4 cm³/mol. The fraction of sp³-hybridized carbons (Fsp3) is 0.400. The van der Waals surface area contributed by atoms with Crippen LogP contribution in [0.1, 0.15) is 6.42 Å². The van der Waals surface area contributed by atoms with Gasteiger partial charge in [-0.15, -0.1) is 0 Å². The number of hydrogen-bond donors (Lipinski definition) is 2. The van der Waals surface area contributed by atoms with E-state index < -0.39 is 12.2 Å². The Labute approximate surface area is 51.9 Å². The third-order valence-corrected chi connectivity index (χ3v) is 1.02. The zero-order valence-electron chi connectivity index (χ0n) is 4.70. The highest BCUT2D eigenvalue weighted by Crippen LogP contribution is 2.12. The van der Waals surface area contributed by atoms with Crippen molar-refractivity contribution in [1.29, 1.82) is 0 Å². The summed E-state index contributed by atoms with van der Waals surface area (Å²) < 4.78 is 4.66. The van der Waals surface area contributed by atoms with Crippen LogP contribution in [0.4, 0.5) is 0 Å². The average molecular weight is 129 g/mol. The number of carboxylic acid groups (broad SMARTS) is 1. The Bertz CT molecular complexity index is 164. The molecule has 0 radical (unpaired) electrons. The van der Waals surface area contributed by atoms with Gasteiger partial charge in [-0.3, -0.25) is 5.73 Å². The zero-order chi connectivity index (χ0) is 6.85. The minimum absolute atomic E-state index is 0.0394. The summed E-state index contributed by atoms with van der Waals surface area (Å²) in [5, 5.41) is 8.28. The maximum atomic E-state index is 10.1. The van der Waals surface area contributed by atoms with Gasteiger partial charge in [0.1, 0.15) is 0 Å². The molecule has 9 heavy (non-hydrogen) atoms. The van der Waals surface area contributed by atoms with Crippen molar-refractivity contribution in [2.75, 3.05) is 0 Å². The number of rotatable bonds is 1. The topological polar surface area (TPSA) is 72.6 Å². The molecule has 1 rings (SSSR count). The van der Waals surface area contributed by atoms with Crippen LogP contribution < -0.4 is 5.73 Å². The van der Waals surface area contributed by atoms with E-state index in [2.05, 4.69) is 4.74 Å². The number of carbonyl (C=O) groups is 1. The van der Waals surface area contributed by atoms with Gasteiger partial charge >= 0.3 is 5.97 Å². The van der Waals surface area contributed by atoms with Gasteiger partial charge in [0.25, 0.3) is 0 Å². The first kappa shape index (κ1) is 6.10. The van der Waals surface area contributed by atoms with Crippen molar-refractivity contribution in [2.24, 2.45) is 5.73 Å². The van der Waals surface area contributed by atoms with Gasteiger partial charge in [-0.25, -0.2) is 4.79 Å². The molecule has 0 saturated carbocycles. The molecule has 0 spiro atoms. The van der Waals surface area contributed by atoms with Gasteiger partial charge < -0.3 is 9.84 Å². The second-order valence-electron chi connectivity index (χ2n) is 1.77. The second kappa shape index (κ2) is 2.06. The Kier molecular flexibility index (Phi) is 1.40. The summed E-state index contributed by atoms with van der Waals surface area (Å²) in [5.41, 5.74) is 5.23. The van der Waals surface area contributed by atoms with Crippen molar-refractivity contribution >= 4 is 5.97 Å². The SMILES string of the molecule is NC1CC=C(C(=O)O)O1. The van der Waals surface area contributed by atoms with E-state index >= 15 is 0 Å². The lowest BCUT2D eigenvalue weighted by molar-refractivity contribution is -0.136. The third-order valence-electron chi connectivity index (χ3n) is 1.02. The van der Waals surface area contributed by atoms with Crippen molar-refractivity contribution in [3.63, 3.8) is 0 Å². The molecule has 0 saturated heterocycles. The van der Waals surface area contributed by atoms with Crippen LogP contribution in [0, 0.1) is 0 Å². The number of nitrogens with two attached hydrogens (primary N) is 1. The molecular formula is C5H7NO3. The fourth-order valence-corrected chi connectivity index (χ4v) is 0.620. The van der Waals surface area contributed by atoms with E-state index in [1.165, 1.54) is 6.08 Å². The molecule has 4 heteroatoms. The minimum atomic E-state index is -1.05. The molecule has 1 atom stereocenters. The van der Waals surface area contributed by atoms with E-state index in [0.717, 1.165) is 0 Å². The second-order valence-corrected chi connectivity index (χ2v) is 1.77. The Morgan fingerprint density at radius 1 is 2.00 bits per heavy atom. The maximum Gasteiger partial charge on any atom is 0.370 e. The van der Waals surface area contributed by atoms with E-state index in [1.807, 2.05) is 0 Å². The third kappa shape index (κ3) is 1.20. The van der Waals surface area contributed by atoms with Gasteiger partial charge in [0, 0.05) is 6.42 Å². The zero-order valence-corrected chi connectivity index (χ0v) is 4.70. The summed E-state index contributed by atoms with van der Waals surface area (Å²) in [5.74, 6) is -1.09. The molecule has 50 valence electrons. The van der Waals surface area contributed by atoms with Crippen molar-refractivity contribution < 1.29 is 14.6 Å². The van der Waals surface area contributed by atoms with Crippen LogP contribution in [0.3, 0.4) is 0 Å². The molecular weight excluding hydrogens is 122 g/mol. The summed E-state index contributed by atoms with van der Waals surface area (Å²) in [6.45, 7) is 0. The Morgan fingerprint density at radius 2 is 2.67 bits per heavy atom. The van der Waals surface area contributed by atoms with Crippen molar-refractivity contribution in [3.05, 3.63) is 11.8 Å². The molecule has 3 N–H and O–H groups in total. The first-order valence-electron chi connectivity index (χ1n) is 2.56. The smallest absolute Gasteiger partial charge is 0.370 e. The Hall–Kier alpha value is -1.03. The first-order chi connectivity index (χ1) is 4.20. The molecule has 0 bridgehead atoms. The normalized spacial score (nSPS) is 25.0. The van der Waals surface area contributed by atoms with Gasteiger partial charge in [0.2, 0.25) is 5.76 Å². The highest BCUT2D eigenvalue weighted by molar-refractivity contribution is 5.84. The van der Waals surface area contributed by atoms with Crippen LogP contribution in [-0.4, -0.2) is 17.3 Å². The van der Waals surface area contributed by atoms with Gasteiger partial charge in [-0.05, 0) is 6.08 Å². The van der Waals surface area contributed by atoms with Crippen LogP contribution in [0.2, 0.25) is 0 Å². The van der Waals surface area contributed by atoms with E-state index in [1.54, 1.807) is 0 Å². The standard InChI is InChI=1S/C5H7NO3/c6-4-2-1-3(9-4)5(7)8/h1,4H,2,6H2,(H,7,8). The monoisotopic (exact) mass is 129 g/mol. The van der Waals surface area contributed by atoms with Gasteiger partial charge in [-0.1, -0.05) is 0 Å². The van der Waals surface area contributed by atoms with E-state index in [9.17, 15) is 4.79 Å². The van der Waals surface area contributed by atoms with Gasteiger partial charge in [0.15, 0.2) is 6.23 Å². The van der Waals surface area contributed by atoms with E-state index in [0.29, 0.717) is 6.42 Å². The lowest BCUT2D eigenvalue weighted by Gasteiger charge is -2.02. The van der Waals surface area contributed by atoms with E-state index in [4.69, 9.17) is 10.8 Å². The average Bonchev–Trinajstić information content (AvgIpc) is 2.14. The summed E-state index contributed by atoms with van der Waals surface area (Å²) in [6.07, 6.45) is 1.49. The Morgan fingerprint density at radius 3 is 2.89 bits per heavy atom. The number of ether oxygens (including phenoxy) is 1. The molecule has 1 unspecified atom stereocenters. The highest BCUT2D eigenvalue weighted by Gasteiger charge is 2.18. The molecule has 4 nitrogen and oxygen atoms in total. The number of carboxylic acids is 1. The molecule has 0 aromatic heterocycles. The summed E-state index contributed by atoms with van der Waals surface area (Å²) in [7, 11) is 0. The fourth-order valence-electron chi connectivity index (χ4n) is 0.620. The van der Waals surface area contributed by atoms with Gasteiger partial charge in [0.05, 0.1) is 0 Å². The molecule has 0 aromatic rings. The minimum Gasteiger partial charge on any atom is -0.475 e. The summed E-state index contributed by atoms with van der Waals surface area (Å²) in [4.78, 5) is 10.1. The largest absolute Gasteiger partial charge is 0.475 e. The van der Waals surface area contributed by atoms with Crippen LogP contribution in [0.5, 0.6) is 0 Å². The van der Waals surface area contributed by atoms with Crippen molar-refractivity contribution in [1.82, 2.24) is 0 Å². The maximum absolute atomic E-state index is 10.1. The summed E-state index contributed by atoms with van der Waals surface area (Å²) in [6, 6.07) is 0.